The third-order valence-electron chi connectivity index (χ3n) is 3.21. The van der Waals surface area contributed by atoms with Crippen LogP contribution in [0.5, 0.6) is 0 Å². The summed E-state index contributed by atoms with van der Waals surface area (Å²) in [5.41, 5.74) is 0.598. The van der Waals surface area contributed by atoms with E-state index in [1.807, 2.05) is 0 Å². The molecular formula is C13H14BrFN4O. The smallest absolute Gasteiger partial charge is 0.241 e. The molecule has 1 aliphatic rings. The highest BCUT2D eigenvalue weighted by Crippen LogP contribution is 2.26. The number of piperazine rings is 1. The van der Waals surface area contributed by atoms with Crippen molar-refractivity contribution in [3.8, 4) is 11.4 Å². The Morgan fingerprint density at radius 3 is 2.95 bits per heavy atom. The van der Waals surface area contributed by atoms with Crippen molar-refractivity contribution in [2.45, 2.75) is 6.54 Å². The summed E-state index contributed by atoms with van der Waals surface area (Å²) in [6, 6.07) is 4.41. The second-order valence-electron chi connectivity index (χ2n) is 4.66. The third kappa shape index (κ3) is 3.05. The summed E-state index contributed by atoms with van der Waals surface area (Å²) in [4.78, 5) is 6.58. The van der Waals surface area contributed by atoms with E-state index in [0.717, 1.165) is 30.7 Å². The molecule has 7 heteroatoms. The lowest BCUT2D eigenvalue weighted by Gasteiger charge is -2.25. The average Bonchev–Trinajstić information content (AvgIpc) is 2.91. The van der Waals surface area contributed by atoms with E-state index in [-0.39, 0.29) is 5.82 Å². The first kappa shape index (κ1) is 13.7. The highest BCUT2D eigenvalue weighted by molar-refractivity contribution is 9.10. The van der Waals surface area contributed by atoms with Gasteiger partial charge in [-0.2, -0.15) is 4.98 Å². The number of nitrogens with one attached hydrogen (secondary N) is 1. The Morgan fingerprint density at radius 1 is 1.35 bits per heavy atom. The van der Waals surface area contributed by atoms with E-state index in [4.69, 9.17) is 4.52 Å². The minimum absolute atomic E-state index is 0.323. The van der Waals surface area contributed by atoms with Crippen molar-refractivity contribution in [2.24, 2.45) is 0 Å². The second kappa shape index (κ2) is 5.99. The molecule has 1 aromatic heterocycles. The topological polar surface area (TPSA) is 54.2 Å². The van der Waals surface area contributed by atoms with Gasteiger partial charge in [0.1, 0.15) is 5.82 Å². The molecule has 2 aromatic rings. The molecule has 0 aliphatic carbocycles. The van der Waals surface area contributed by atoms with Crippen LogP contribution in [0.4, 0.5) is 4.39 Å². The van der Waals surface area contributed by atoms with Crippen molar-refractivity contribution >= 4 is 15.9 Å². The third-order valence-corrected chi connectivity index (χ3v) is 3.90. The fourth-order valence-corrected chi connectivity index (χ4v) is 2.58. The molecule has 5 nitrogen and oxygen atoms in total. The largest absolute Gasteiger partial charge is 0.338 e. The van der Waals surface area contributed by atoms with Crippen LogP contribution >= 0.6 is 15.9 Å². The zero-order chi connectivity index (χ0) is 13.9. The molecule has 1 saturated heterocycles. The van der Waals surface area contributed by atoms with E-state index in [1.165, 1.54) is 12.1 Å². The molecule has 106 valence electrons. The van der Waals surface area contributed by atoms with Gasteiger partial charge in [-0.3, -0.25) is 4.90 Å². The van der Waals surface area contributed by atoms with E-state index >= 15 is 0 Å². The summed E-state index contributed by atoms with van der Waals surface area (Å²) in [6.45, 7) is 4.48. The van der Waals surface area contributed by atoms with Crippen LogP contribution in [0.3, 0.4) is 0 Å². The van der Waals surface area contributed by atoms with Gasteiger partial charge in [0.15, 0.2) is 0 Å². The van der Waals surface area contributed by atoms with Gasteiger partial charge in [-0.25, -0.2) is 4.39 Å². The molecule has 3 rings (SSSR count). The Bertz CT molecular complexity index is 598. The number of benzene rings is 1. The summed E-state index contributed by atoms with van der Waals surface area (Å²) >= 11 is 3.37. The first-order chi connectivity index (χ1) is 9.72. The molecule has 0 amide bonds. The van der Waals surface area contributed by atoms with Gasteiger partial charge in [0, 0.05) is 36.2 Å². The van der Waals surface area contributed by atoms with Gasteiger partial charge in [-0.15, -0.1) is 0 Å². The number of hydrogen-bond acceptors (Lipinski definition) is 5. The van der Waals surface area contributed by atoms with E-state index in [2.05, 4.69) is 36.3 Å². The highest BCUT2D eigenvalue weighted by atomic mass is 79.9. The Balaban J connectivity index is 1.77. The fourth-order valence-electron chi connectivity index (χ4n) is 2.16. The van der Waals surface area contributed by atoms with Crippen molar-refractivity contribution in [1.29, 1.82) is 0 Å². The maximum Gasteiger partial charge on any atom is 0.241 e. The standard InChI is InChI=1S/C13H14BrFN4O/c14-11-2-1-9(15)7-10(11)13-17-12(20-18-13)8-19-5-3-16-4-6-19/h1-2,7,16H,3-6,8H2. The van der Waals surface area contributed by atoms with Gasteiger partial charge in [-0.1, -0.05) is 21.1 Å². The van der Waals surface area contributed by atoms with Crippen LogP contribution < -0.4 is 5.32 Å². The fraction of sp³-hybridized carbons (Fsp3) is 0.385. The van der Waals surface area contributed by atoms with Gasteiger partial charge < -0.3 is 9.84 Å². The van der Waals surface area contributed by atoms with Crippen molar-refractivity contribution in [3.63, 3.8) is 0 Å². The van der Waals surface area contributed by atoms with Gasteiger partial charge in [0.05, 0.1) is 6.54 Å². The SMILES string of the molecule is Fc1ccc(Br)c(-c2noc(CN3CCNCC3)n2)c1. The van der Waals surface area contributed by atoms with Gasteiger partial charge in [0.2, 0.25) is 11.7 Å². The predicted octanol–water partition coefficient (Wildman–Crippen LogP) is 2.04. The van der Waals surface area contributed by atoms with Crippen LogP contribution in [0.15, 0.2) is 27.2 Å². The van der Waals surface area contributed by atoms with Crippen LogP contribution in [0.1, 0.15) is 5.89 Å². The van der Waals surface area contributed by atoms with Crippen LogP contribution in [0, 0.1) is 5.82 Å². The maximum absolute atomic E-state index is 13.3. The molecule has 0 radical (unpaired) electrons. The van der Waals surface area contributed by atoms with Gasteiger partial charge >= 0.3 is 0 Å². The van der Waals surface area contributed by atoms with Crippen LogP contribution in [-0.4, -0.2) is 41.2 Å². The summed E-state index contributed by atoms with van der Waals surface area (Å²) in [7, 11) is 0. The van der Waals surface area contributed by atoms with Crippen LogP contribution in [0.25, 0.3) is 11.4 Å². The lowest BCUT2D eigenvalue weighted by atomic mass is 10.2. The maximum atomic E-state index is 13.3. The first-order valence-electron chi connectivity index (χ1n) is 6.43. The number of nitrogens with zero attached hydrogens (tertiary/aromatic N) is 3. The summed E-state index contributed by atoms with van der Waals surface area (Å²) in [5, 5.41) is 7.22. The monoisotopic (exact) mass is 340 g/mol. The van der Waals surface area contributed by atoms with Crippen LogP contribution in [0.2, 0.25) is 0 Å². The van der Waals surface area contributed by atoms with E-state index < -0.39 is 0 Å². The molecular weight excluding hydrogens is 327 g/mol. The first-order valence-corrected chi connectivity index (χ1v) is 7.23. The average molecular weight is 341 g/mol. The molecule has 1 N–H and O–H groups in total. The molecule has 20 heavy (non-hydrogen) atoms. The highest BCUT2D eigenvalue weighted by Gasteiger charge is 2.16. The molecule has 0 spiro atoms. The summed E-state index contributed by atoms with van der Waals surface area (Å²) < 4.78 is 19.3. The number of hydrogen-bond donors (Lipinski definition) is 1. The Kier molecular flexibility index (Phi) is 4.09. The zero-order valence-electron chi connectivity index (χ0n) is 10.8. The van der Waals surface area contributed by atoms with Gasteiger partial charge in [-0.05, 0) is 18.2 Å². The quantitative estimate of drug-likeness (QED) is 0.926. The second-order valence-corrected chi connectivity index (χ2v) is 5.52. The van der Waals surface area contributed by atoms with Crippen LogP contribution in [-0.2, 0) is 6.54 Å². The van der Waals surface area contributed by atoms with Crippen molar-refractivity contribution in [2.75, 3.05) is 26.2 Å². The number of aromatic nitrogens is 2. The zero-order valence-corrected chi connectivity index (χ0v) is 12.4. The van der Waals surface area contributed by atoms with Crippen molar-refractivity contribution in [1.82, 2.24) is 20.4 Å². The molecule has 0 saturated carbocycles. The number of halogens is 2. The normalized spacial score (nSPS) is 16.5. The molecule has 0 atom stereocenters. The van der Waals surface area contributed by atoms with E-state index in [0.29, 0.717) is 23.8 Å². The minimum atomic E-state index is -0.323. The molecule has 1 fully saturated rings. The molecule has 2 heterocycles. The lowest BCUT2D eigenvalue weighted by Crippen LogP contribution is -2.42. The van der Waals surface area contributed by atoms with Crippen molar-refractivity contribution < 1.29 is 8.91 Å². The molecule has 1 aromatic carbocycles. The molecule has 0 bridgehead atoms. The molecule has 0 unspecified atom stereocenters. The van der Waals surface area contributed by atoms with E-state index in [1.54, 1.807) is 6.07 Å². The Labute approximate surface area is 124 Å². The van der Waals surface area contributed by atoms with Gasteiger partial charge in [0.25, 0.3) is 0 Å². The lowest BCUT2D eigenvalue weighted by molar-refractivity contribution is 0.203. The Hall–Kier alpha value is -1.31. The Morgan fingerprint density at radius 2 is 2.15 bits per heavy atom. The summed E-state index contributed by atoms with van der Waals surface area (Å²) in [5.74, 6) is 0.635. The summed E-state index contributed by atoms with van der Waals surface area (Å²) in [6.07, 6.45) is 0. The van der Waals surface area contributed by atoms with E-state index in [9.17, 15) is 4.39 Å². The van der Waals surface area contributed by atoms with Crippen molar-refractivity contribution in [3.05, 3.63) is 34.4 Å². The predicted molar refractivity (Wildman–Crippen MR) is 75.5 cm³/mol. The number of rotatable bonds is 3. The molecule has 1 aliphatic heterocycles. The minimum Gasteiger partial charge on any atom is -0.338 e.